The standard InChI is InChI=1S/C24H12N6.2C5H2F6O2.CH2Cl2.Co/c1-2-8-14-13(7-1)25-19-20(26-14)22-24(30-18-12-6-5-11-17(18)28-22)23-21(19)27-15-9-3-4-10-16(15)29-23;2*6-4(7,8)2(12)1-3(13)5(9,10)11;2-1-3;/h1-12H;2*1,12H;1H2;/q;;;;+2/p-2/b;2*2-1-;;. The van der Waals surface area contributed by atoms with Crippen molar-refractivity contribution in [1.29, 1.82) is 0 Å². The molecule has 3 heterocycles. The Morgan fingerprint density at radius 1 is 0.433 bits per heavy atom. The van der Waals surface area contributed by atoms with Gasteiger partial charge in [0, 0.05) is 0 Å². The summed E-state index contributed by atoms with van der Waals surface area (Å²) in [4.78, 5) is 49.1. The van der Waals surface area contributed by atoms with E-state index in [2.05, 4.69) is 0 Å². The molecular formula is C35H16Cl2CoF12N6O4. The first-order valence-electron chi connectivity index (χ1n) is 15.4. The zero-order chi connectivity index (χ0) is 44.1. The number of hydrogen-bond donors (Lipinski definition) is 0. The number of hydrogen-bond acceptors (Lipinski definition) is 10. The normalized spacial score (nSPS) is 12.6. The van der Waals surface area contributed by atoms with Crippen molar-refractivity contribution in [2.45, 2.75) is 24.7 Å². The summed E-state index contributed by atoms with van der Waals surface area (Å²) in [6.45, 7) is 0. The number of rotatable bonds is 2. The van der Waals surface area contributed by atoms with Crippen molar-refractivity contribution in [3.63, 3.8) is 0 Å². The molecule has 7 aromatic rings. The van der Waals surface area contributed by atoms with Gasteiger partial charge in [0.25, 0.3) is 11.6 Å². The van der Waals surface area contributed by atoms with Crippen LogP contribution in [0.1, 0.15) is 0 Å². The van der Waals surface area contributed by atoms with Gasteiger partial charge in [-0.25, -0.2) is 29.9 Å². The van der Waals surface area contributed by atoms with E-state index in [0.29, 0.717) is 33.1 Å². The summed E-state index contributed by atoms with van der Waals surface area (Å²) in [5.74, 6) is -11.3. The van der Waals surface area contributed by atoms with Crippen LogP contribution in [0.5, 0.6) is 0 Å². The van der Waals surface area contributed by atoms with Gasteiger partial charge in [-0.15, -0.1) is 23.2 Å². The van der Waals surface area contributed by atoms with Crippen LogP contribution in [0, 0.1) is 0 Å². The number of benzene rings is 4. The summed E-state index contributed by atoms with van der Waals surface area (Å²) in [6, 6.07) is 23.5. The van der Waals surface area contributed by atoms with Crippen LogP contribution < -0.4 is 10.2 Å². The molecule has 0 aliphatic rings. The molecule has 0 amide bonds. The summed E-state index contributed by atoms with van der Waals surface area (Å²) < 4.78 is 136. The van der Waals surface area contributed by atoms with Crippen LogP contribution in [0.3, 0.4) is 0 Å². The molecule has 0 fully saturated rings. The second kappa shape index (κ2) is 19.2. The number of carbonyl (C=O) groups is 2. The number of allylic oxidation sites excluding steroid dienone is 4. The summed E-state index contributed by atoms with van der Waals surface area (Å²) in [5, 5.41) is 19.8. The first-order valence-corrected chi connectivity index (χ1v) is 16.5. The number of ketones is 2. The van der Waals surface area contributed by atoms with Crippen molar-refractivity contribution in [3.05, 3.63) is 96.5 Å². The second-order valence-corrected chi connectivity index (χ2v) is 11.9. The van der Waals surface area contributed by atoms with Gasteiger partial charge < -0.3 is 10.2 Å². The fourth-order valence-corrected chi connectivity index (χ4v) is 4.56. The Labute approximate surface area is 345 Å². The van der Waals surface area contributed by atoms with Gasteiger partial charge in [-0.1, -0.05) is 36.4 Å². The van der Waals surface area contributed by atoms with E-state index in [0.717, 1.165) is 33.1 Å². The Morgan fingerprint density at radius 3 is 0.733 bits per heavy atom. The number of halogens is 14. The minimum Gasteiger partial charge on any atom is -0.869 e. The SMILES string of the molecule is ClCCl.O=C(/C=C(\[O-])C(F)(F)F)C(F)(F)F.O=C(/C=C(\[O-])C(F)(F)F)C(F)(F)F.[Co+2].c1ccc2nc3c(nc2c1)c1nc2ccccc2nc1c1nc2ccccc2nc31. The molecule has 7 rings (SSSR count). The molecule has 25 heteroatoms. The van der Waals surface area contributed by atoms with E-state index in [9.17, 15) is 72.5 Å². The number of fused-ring (bicyclic) bond motifs is 9. The van der Waals surface area contributed by atoms with E-state index in [1.54, 1.807) is 0 Å². The number of para-hydroxylation sites is 6. The van der Waals surface area contributed by atoms with Gasteiger partial charge >= 0.3 is 41.5 Å². The fraction of sp³-hybridized carbons (Fsp3) is 0.143. The zero-order valence-electron chi connectivity index (χ0n) is 28.7. The molecule has 60 heavy (non-hydrogen) atoms. The Bertz CT molecular complexity index is 2340. The Morgan fingerprint density at radius 2 is 0.600 bits per heavy atom. The third kappa shape index (κ3) is 12.0. The molecule has 0 aliphatic carbocycles. The minimum absolute atomic E-state index is 0. The van der Waals surface area contributed by atoms with Crippen molar-refractivity contribution in [2.24, 2.45) is 0 Å². The fourth-order valence-electron chi connectivity index (χ4n) is 4.56. The van der Waals surface area contributed by atoms with Gasteiger partial charge in [-0.3, -0.25) is 9.59 Å². The van der Waals surface area contributed by atoms with E-state index < -0.39 is 59.9 Å². The van der Waals surface area contributed by atoms with Crippen LogP contribution >= 0.6 is 23.2 Å². The predicted octanol–water partition coefficient (Wildman–Crippen LogP) is 8.24. The van der Waals surface area contributed by atoms with Crippen molar-refractivity contribution < 1.29 is 89.3 Å². The molecule has 3 aromatic heterocycles. The van der Waals surface area contributed by atoms with Gasteiger partial charge in [0.1, 0.15) is 33.1 Å². The molecule has 1 radical (unpaired) electrons. The molecule has 10 nitrogen and oxygen atoms in total. The zero-order valence-corrected chi connectivity index (χ0v) is 31.3. The summed E-state index contributed by atoms with van der Waals surface area (Å²) in [5.41, 5.74) is 9.05. The smallest absolute Gasteiger partial charge is 0.869 e. The summed E-state index contributed by atoms with van der Waals surface area (Å²) in [7, 11) is 0. The largest absolute Gasteiger partial charge is 2.00 e. The molecule has 0 N–H and O–H groups in total. The van der Waals surface area contributed by atoms with Gasteiger partial charge in [0.05, 0.1) is 38.4 Å². The quantitative estimate of drug-likeness (QED) is 0.0413. The molecule has 0 unspecified atom stereocenters. The predicted molar refractivity (Wildman–Crippen MR) is 185 cm³/mol. The molecule has 0 atom stereocenters. The maximum absolute atomic E-state index is 11.3. The first kappa shape index (κ1) is 48.7. The number of carbonyl (C=O) groups excluding carboxylic acids is 2. The van der Waals surface area contributed by atoms with E-state index in [4.69, 9.17) is 53.1 Å². The monoisotopic (exact) mass is 941 g/mol. The van der Waals surface area contributed by atoms with Crippen LogP contribution in [-0.2, 0) is 26.4 Å². The van der Waals surface area contributed by atoms with Crippen molar-refractivity contribution in [1.82, 2.24) is 29.9 Å². The average molecular weight is 942 g/mol. The third-order valence-corrected chi connectivity index (χ3v) is 7.03. The third-order valence-electron chi connectivity index (χ3n) is 7.03. The van der Waals surface area contributed by atoms with Crippen LogP contribution in [0.2, 0.25) is 0 Å². The average Bonchev–Trinajstić information content (AvgIpc) is 3.15. The van der Waals surface area contributed by atoms with Crippen molar-refractivity contribution in [3.8, 4) is 0 Å². The summed E-state index contributed by atoms with van der Waals surface area (Å²) >= 11 is 9.53. The summed E-state index contributed by atoms with van der Waals surface area (Å²) in [6.07, 6.45) is -23.9. The Balaban J connectivity index is 0.000000271. The molecule has 0 saturated carbocycles. The van der Waals surface area contributed by atoms with E-state index in [1.165, 1.54) is 0 Å². The van der Waals surface area contributed by atoms with Gasteiger partial charge in [0.2, 0.25) is 0 Å². The van der Waals surface area contributed by atoms with Crippen LogP contribution in [0.25, 0.3) is 66.2 Å². The van der Waals surface area contributed by atoms with Gasteiger partial charge in [0.15, 0.2) is 0 Å². The van der Waals surface area contributed by atoms with E-state index in [-0.39, 0.29) is 22.1 Å². The minimum atomic E-state index is -5.46. The molecule has 4 aromatic carbocycles. The molecule has 0 aliphatic heterocycles. The van der Waals surface area contributed by atoms with Crippen LogP contribution in [0.15, 0.2) is 96.5 Å². The molecule has 317 valence electrons. The van der Waals surface area contributed by atoms with Crippen LogP contribution in [-0.4, -0.2) is 71.5 Å². The molecule has 0 spiro atoms. The van der Waals surface area contributed by atoms with Crippen molar-refractivity contribution in [2.75, 3.05) is 5.34 Å². The second-order valence-electron chi connectivity index (χ2n) is 11.1. The molecular weight excluding hydrogens is 926 g/mol. The van der Waals surface area contributed by atoms with Gasteiger partial charge in [-0.2, -0.15) is 52.7 Å². The maximum atomic E-state index is 11.3. The van der Waals surface area contributed by atoms with Crippen molar-refractivity contribution >= 4 is 101 Å². The van der Waals surface area contributed by atoms with Crippen LogP contribution in [0.4, 0.5) is 52.7 Å². The number of alkyl halides is 14. The van der Waals surface area contributed by atoms with E-state index in [1.807, 2.05) is 72.8 Å². The van der Waals surface area contributed by atoms with E-state index >= 15 is 0 Å². The van der Waals surface area contributed by atoms with Gasteiger partial charge in [-0.05, 0) is 60.1 Å². The topological polar surface area (TPSA) is 158 Å². The maximum Gasteiger partial charge on any atom is 2.00 e. The number of aromatic nitrogens is 6. The Kier molecular flexibility index (Phi) is 15.6. The molecule has 0 saturated heterocycles. The number of nitrogens with zero attached hydrogens (tertiary/aromatic N) is 6. The Hall–Kier alpha value is -5.65. The molecule has 0 bridgehead atoms. The first-order chi connectivity index (χ1) is 27.4.